The van der Waals surface area contributed by atoms with Gasteiger partial charge in [-0.05, 0) is 30.9 Å². The third-order valence-electron chi connectivity index (χ3n) is 3.01. The van der Waals surface area contributed by atoms with Crippen molar-refractivity contribution >= 4 is 17.7 Å². The maximum Gasteiger partial charge on any atom is 0.306 e. The largest absolute Gasteiger partial charge is 0.469 e. The maximum atomic E-state index is 11.7. The number of hydrogen-bond acceptors (Lipinski definition) is 5. The summed E-state index contributed by atoms with van der Waals surface area (Å²) in [6.07, 6.45) is 4.31. The number of hydrogen-bond donors (Lipinski definition) is 0. The van der Waals surface area contributed by atoms with Crippen LogP contribution in [0, 0.1) is 0 Å². The first kappa shape index (κ1) is 15.4. The van der Waals surface area contributed by atoms with Gasteiger partial charge in [0, 0.05) is 12.8 Å². The minimum Gasteiger partial charge on any atom is -0.469 e. The van der Waals surface area contributed by atoms with Crippen LogP contribution in [0.15, 0.2) is 11.6 Å². The zero-order chi connectivity index (χ0) is 14.3. The van der Waals surface area contributed by atoms with E-state index < -0.39 is 6.10 Å². The zero-order valence-corrected chi connectivity index (χ0v) is 11.4. The van der Waals surface area contributed by atoms with Gasteiger partial charge in [-0.2, -0.15) is 0 Å². The molecule has 1 rings (SSSR count). The summed E-state index contributed by atoms with van der Waals surface area (Å²) in [4.78, 5) is 33.7. The van der Waals surface area contributed by atoms with Crippen molar-refractivity contribution in [3.05, 3.63) is 11.6 Å². The second-order valence-electron chi connectivity index (χ2n) is 4.48. The summed E-state index contributed by atoms with van der Waals surface area (Å²) in [6, 6.07) is 0. The van der Waals surface area contributed by atoms with Crippen LogP contribution in [0.2, 0.25) is 0 Å². The highest BCUT2D eigenvalue weighted by Gasteiger charge is 2.25. The minimum atomic E-state index is -0.407. The molecule has 0 amide bonds. The zero-order valence-electron chi connectivity index (χ0n) is 11.4. The van der Waals surface area contributed by atoms with Gasteiger partial charge in [0.25, 0.3) is 0 Å². The van der Waals surface area contributed by atoms with Crippen molar-refractivity contribution in [1.29, 1.82) is 0 Å². The number of carbonyl (C=O) groups is 3. The van der Waals surface area contributed by atoms with E-state index in [0.717, 1.165) is 6.42 Å². The predicted molar refractivity (Wildman–Crippen MR) is 68.4 cm³/mol. The van der Waals surface area contributed by atoms with Crippen molar-refractivity contribution in [2.24, 2.45) is 0 Å². The highest BCUT2D eigenvalue weighted by Crippen LogP contribution is 2.22. The lowest BCUT2D eigenvalue weighted by Gasteiger charge is -2.06. The molecule has 0 bridgehead atoms. The summed E-state index contributed by atoms with van der Waals surface area (Å²) in [5.41, 5.74) is 0.707. The fraction of sp³-hybridized carbons (Fsp3) is 0.643. The first-order valence-electron chi connectivity index (χ1n) is 6.57. The Kier molecular flexibility index (Phi) is 6.25. The third kappa shape index (κ3) is 5.24. The SMILES string of the molecule is CCC(=O)OC1C=C(CCCCC(=O)OC)C(=O)C1. The van der Waals surface area contributed by atoms with Crippen LogP contribution in [0.4, 0.5) is 0 Å². The van der Waals surface area contributed by atoms with Gasteiger partial charge in [-0.3, -0.25) is 14.4 Å². The molecule has 0 aromatic carbocycles. The Morgan fingerprint density at radius 1 is 1.32 bits per heavy atom. The molecule has 0 radical (unpaired) electrons. The molecule has 0 spiro atoms. The van der Waals surface area contributed by atoms with Crippen LogP contribution in [0.25, 0.3) is 0 Å². The Labute approximate surface area is 112 Å². The number of unbranched alkanes of at least 4 members (excludes halogenated alkanes) is 1. The van der Waals surface area contributed by atoms with E-state index in [1.165, 1.54) is 7.11 Å². The quantitative estimate of drug-likeness (QED) is 0.521. The first-order chi connectivity index (χ1) is 9.06. The molecule has 106 valence electrons. The standard InChI is InChI=1S/C14H20O5/c1-3-13(16)19-11-8-10(12(15)9-11)6-4-5-7-14(17)18-2/h8,11H,3-7,9H2,1-2H3. The number of methoxy groups -OCH3 is 1. The van der Waals surface area contributed by atoms with E-state index in [0.29, 0.717) is 31.3 Å². The van der Waals surface area contributed by atoms with Crippen molar-refractivity contribution in [3.8, 4) is 0 Å². The molecule has 0 fully saturated rings. The summed E-state index contributed by atoms with van der Waals surface area (Å²) in [5, 5.41) is 0. The average molecular weight is 268 g/mol. The lowest BCUT2D eigenvalue weighted by atomic mass is 10.1. The summed E-state index contributed by atoms with van der Waals surface area (Å²) in [7, 11) is 1.36. The Hall–Kier alpha value is -1.65. The Balaban J connectivity index is 2.32. The van der Waals surface area contributed by atoms with Gasteiger partial charge in [0.2, 0.25) is 0 Å². The van der Waals surface area contributed by atoms with E-state index in [1.54, 1.807) is 13.0 Å². The fourth-order valence-corrected chi connectivity index (χ4v) is 1.93. The summed E-state index contributed by atoms with van der Waals surface area (Å²) < 4.78 is 9.65. The molecule has 5 heteroatoms. The third-order valence-corrected chi connectivity index (χ3v) is 3.01. The van der Waals surface area contributed by atoms with E-state index in [9.17, 15) is 14.4 Å². The number of ether oxygens (including phenoxy) is 2. The number of rotatable bonds is 7. The molecule has 19 heavy (non-hydrogen) atoms. The van der Waals surface area contributed by atoms with Gasteiger partial charge in [0.15, 0.2) is 5.78 Å². The Morgan fingerprint density at radius 3 is 2.68 bits per heavy atom. The van der Waals surface area contributed by atoms with Gasteiger partial charge in [-0.1, -0.05) is 6.92 Å². The van der Waals surface area contributed by atoms with E-state index in [2.05, 4.69) is 4.74 Å². The second-order valence-corrected chi connectivity index (χ2v) is 4.48. The van der Waals surface area contributed by atoms with Gasteiger partial charge < -0.3 is 9.47 Å². The molecule has 1 aliphatic rings. The van der Waals surface area contributed by atoms with Gasteiger partial charge in [0.05, 0.1) is 13.5 Å². The Morgan fingerprint density at radius 2 is 2.05 bits per heavy atom. The van der Waals surface area contributed by atoms with Crippen LogP contribution in [0.3, 0.4) is 0 Å². The lowest BCUT2D eigenvalue weighted by Crippen LogP contribution is -2.14. The van der Waals surface area contributed by atoms with Gasteiger partial charge >= 0.3 is 11.9 Å². The van der Waals surface area contributed by atoms with Crippen LogP contribution in [-0.2, 0) is 23.9 Å². The average Bonchev–Trinajstić information content (AvgIpc) is 2.74. The molecule has 1 atom stereocenters. The molecule has 1 aliphatic carbocycles. The first-order valence-corrected chi connectivity index (χ1v) is 6.57. The smallest absolute Gasteiger partial charge is 0.306 e. The predicted octanol–water partition coefficient (Wildman–Crippen LogP) is 1.94. The van der Waals surface area contributed by atoms with E-state index >= 15 is 0 Å². The Bertz CT molecular complexity index is 383. The maximum absolute atomic E-state index is 11.7. The van der Waals surface area contributed by atoms with Crippen LogP contribution in [0.1, 0.15) is 45.4 Å². The molecule has 0 aromatic heterocycles. The fourth-order valence-electron chi connectivity index (χ4n) is 1.93. The van der Waals surface area contributed by atoms with Crippen molar-refractivity contribution in [2.75, 3.05) is 7.11 Å². The summed E-state index contributed by atoms with van der Waals surface area (Å²) in [5.74, 6) is -0.491. The number of allylic oxidation sites excluding steroid dienone is 1. The molecular weight excluding hydrogens is 248 g/mol. The number of Topliss-reactive ketones (excluding diaryl/α,β-unsaturated/α-hetero) is 1. The van der Waals surface area contributed by atoms with E-state index in [4.69, 9.17) is 4.74 Å². The monoisotopic (exact) mass is 268 g/mol. The molecule has 0 aromatic rings. The van der Waals surface area contributed by atoms with Crippen molar-refractivity contribution < 1.29 is 23.9 Å². The van der Waals surface area contributed by atoms with Crippen molar-refractivity contribution in [3.63, 3.8) is 0 Å². The molecule has 1 unspecified atom stereocenters. The van der Waals surface area contributed by atoms with E-state index in [1.807, 2.05) is 0 Å². The number of esters is 2. The van der Waals surface area contributed by atoms with E-state index in [-0.39, 0.29) is 24.1 Å². The van der Waals surface area contributed by atoms with Crippen molar-refractivity contribution in [1.82, 2.24) is 0 Å². The molecule has 5 nitrogen and oxygen atoms in total. The lowest BCUT2D eigenvalue weighted by molar-refractivity contribution is -0.146. The van der Waals surface area contributed by atoms with Crippen LogP contribution < -0.4 is 0 Å². The highest BCUT2D eigenvalue weighted by atomic mass is 16.5. The second kappa shape index (κ2) is 7.71. The topological polar surface area (TPSA) is 69.7 Å². The molecular formula is C14H20O5. The van der Waals surface area contributed by atoms with Gasteiger partial charge in [0.1, 0.15) is 6.10 Å². The summed E-state index contributed by atoms with van der Waals surface area (Å²) in [6.45, 7) is 1.72. The van der Waals surface area contributed by atoms with Crippen molar-refractivity contribution in [2.45, 2.75) is 51.6 Å². The normalized spacial score (nSPS) is 18.1. The molecule has 0 aliphatic heterocycles. The number of carbonyl (C=O) groups excluding carboxylic acids is 3. The van der Waals surface area contributed by atoms with Gasteiger partial charge in [-0.25, -0.2) is 0 Å². The summed E-state index contributed by atoms with van der Waals surface area (Å²) >= 11 is 0. The number of ketones is 1. The van der Waals surface area contributed by atoms with Crippen LogP contribution >= 0.6 is 0 Å². The minimum absolute atomic E-state index is 0.0342. The van der Waals surface area contributed by atoms with Gasteiger partial charge in [-0.15, -0.1) is 0 Å². The molecule has 0 heterocycles. The molecule has 0 saturated carbocycles. The molecule has 0 saturated heterocycles. The van der Waals surface area contributed by atoms with Crippen LogP contribution in [0.5, 0.6) is 0 Å². The highest BCUT2D eigenvalue weighted by molar-refractivity contribution is 5.98. The van der Waals surface area contributed by atoms with Crippen LogP contribution in [-0.4, -0.2) is 30.9 Å². The molecule has 0 N–H and O–H groups in total.